The maximum absolute atomic E-state index is 13.0. The maximum atomic E-state index is 13.0. The number of carbonyl (C=O) groups excluding carboxylic acids is 2. The Morgan fingerprint density at radius 3 is 2.25 bits per heavy atom. The fourth-order valence-electron chi connectivity index (χ4n) is 2.38. The third kappa shape index (κ3) is 5.23. The van der Waals surface area contributed by atoms with E-state index < -0.39 is 5.97 Å². The van der Waals surface area contributed by atoms with Crippen molar-refractivity contribution in [3.63, 3.8) is 0 Å². The van der Waals surface area contributed by atoms with Crippen molar-refractivity contribution >= 4 is 11.9 Å². The molecule has 6 nitrogen and oxygen atoms in total. The van der Waals surface area contributed by atoms with Crippen LogP contribution in [0.2, 0.25) is 0 Å². The quantitative estimate of drug-likeness (QED) is 0.414. The van der Waals surface area contributed by atoms with E-state index in [1.165, 1.54) is 7.11 Å². The summed E-state index contributed by atoms with van der Waals surface area (Å²) in [5.74, 6) is 0.115. The van der Waals surface area contributed by atoms with Gasteiger partial charge in [-0.1, -0.05) is 6.92 Å². The van der Waals surface area contributed by atoms with Gasteiger partial charge in [0.1, 0.15) is 11.5 Å². The Labute approximate surface area is 143 Å². The predicted octanol–water partition coefficient (Wildman–Crippen LogP) is 3.24. The van der Waals surface area contributed by atoms with Crippen molar-refractivity contribution in [2.24, 2.45) is 0 Å². The van der Waals surface area contributed by atoms with E-state index in [0.717, 1.165) is 0 Å². The molecule has 0 aromatic heterocycles. The van der Waals surface area contributed by atoms with Crippen LogP contribution in [0.25, 0.3) is 0 Å². The molecule has 6 heteroatoms. The molecule has 0 aliphatic rings. The summed E-state index contributed by atoms with van der Waals surface area (Å²) >= 11 is 0. The van der Waals surface area contributed by atoms with Crippen LogP contribution in [0.5, 0.6) is 11.5 Å². The number of hydrogen-bond acceptors (Lipinski definition) is 5. The molecule has 0 saturated heterocycles. The van der Waals surface area contributed by atoms with E-state index in [4.69, 9.17) is 14.2 Å². The molecule has 0 bridgehead atoms. The second-order valence-electron chi connectivity index (χ2n) is 5.94. The molecule has 0 radical (unpaired) electrons. The fourth-order valence-corrected chi connectivity index (χ4v) is 2.38. The second-order valence-corrected chi connectivity index (χ2v) is 5.94. The molecular weight excluding hydrogens is 310 g/mol. The van der Waals surface area contributed by atoms with Crippen molar-refractivity contribution < 1.29 is 23.8 Å². The first-order valence-electron chi connectivity index (χ1n) is 8.10. The zero-order valence-electron chi connectivity index (χ0n) is 15.3. The Bertz CT molecular complexity index is 561. The highest BCUT2D eigenvalue weighted by molar-refractivity contribution is 5.98. The first-order valence-corrected chi connectivity index (χ1v) is 8.10. The minimum atomic E-state index is -0.393. The summed E-state index contributed by atoms with van der Waals surface area (Å²) < 4.78 is 15.6. The molecular formula is C18H27NO5. The molecule has 0 atom stereocenters. The van der Waals surface area contributed by atoms with Gasteiger partial charge >= 0.3 is 5.97 Å². The summed E-state index contributed by atoms with van der Waals surface area (Å²) in [6.07, 6.45) is 0.230. The molecule has 1 amide bonds. The summed E-state index contributed by atoms with van der Waals surface area (Å²) in [4.78, 5) is 26.4. The fraction of sp³-hybridized carbons (Fsp3) is 0.556. The van der Waals surface area contributed by atoms with Crippen LogP contribution in [0, 0.1) is 0 Å². The zero-order valence-corrected chi connectivity index (χ0v) is 15.3. The molecule has 0 N–H and O–H groups in total. The minimum absolute atomic E-state index is 0.00998. The van der Waals surface area contributed by atoms with Crippen molar-refractivity contribution in [2.75, 3.05) is 13.9 Å². The Balaban J connectivity index is 3.26. The predicted molar refractivity (Wildman–Crippen MR) is 91.3 cm³/mol. The van der Waals surface area contributed by atoms with Crippen LogP contribution in [0.4, 0.5) is 0 Å². The van der Waals surface area contributed by atoms with Gasteiger partial charge < -0.3 is 19.1 Å². The molecule has 0 aliphatic carbocycles. The van der Waals surface area contributed by atoms with Crippen molar-refractivity contribution in [3.8, 4) is 11.5 Å². The molecule has 1 aromatic carbocycles. The molecule has 0 fully saturated rings. The largest absolute Gasteiger partial charge is 0.468 e. The Morgan fingerprint density at radius 2 is 1.75 bits per heavy atom. The van der Waals surface area contributed by atoms with E-state index in [0.29, 0.717) is 11.3 Å². The van der Waals surface area contributed by atoms with Crippen molar-refractivity contribution in [2.45, 2.75) is 53.1 Å². The van der Waals surface area contributed by atoms with E-state index in [-0.39, 0.29) is 37.0 Å². The lowest BCUT2D eigenvalue weighted by Gasteiger charge is -2.31. The van der Waals surface area contributed by atoms with Gasteiger partial charge in [0, 0.05) is 25.6 Å². The minimum Gasteiger partial charge on any atom is -0.468 e. The number of ether oxygens (including phenoxy) is 3. The van der Waals surface area contributed by atoms with Crippen LogP contribution in [-0.4, -0.2) is 42.8 Å². The molecule has 1 rings (SSSR count). The third-order valence-electron chi connectivity index (χ3n) is 3.38. The van der Waals surface area contributed by atoms with Crippen LogP contribution >= 0.6 is 0 Å². The van der Waals surface area contributed by atoms with Gasteiger partial charge in [-0.25, -0.2) is 0 Å². The number of esters is 1. The first-order chi connectivity index (χ1) is 11.3. The highest BCUT2D eigenvalue weighted by Gasteiger charge is 2.25. The number of rotatable bonds is 8. The summed E-state index contributed by atoms with van der Waals surface area (Å²) in [6.45, 7) is 9.55. The topological polar surface area (TPSA) is 65.1 Å². The average Bonchev–Trinajstić information content (AvgIpc) is 2.52. The van der Waals surface area contributed by atoms with E-state index >= 15 is 0 Å². The Morgan fingerprint density at radius 1 is 1.12 bits per heavy atom. The lowest BCUT2D eigenvalue weighted by Crippen LogP contribution is -2.42. The maximum Gasteiger partial charge on any atom is 0.310 e. The monoisotopic (exact) mass is 337 g/mol. The van der Waals surface area contributed by atoms with Crippen LogP contribution in [0.3, 0.4) is 0 Å². The number of benzene rings is 1. The van der Waals surface area contributed by atoms with Crippen molar-refractivity contribution in [1.29, 1.82) is 0 Å². The Hall–Kier alpha value is -2.08. The van der Waals surface area contributed by atoms with E-state index in [2.05, 4.69) is 0 Å². The molecule has 24 heavy (non-hydrogen) atoms. The number of hydrogen-bond donors (Lipinski definition) is 0. The lowest BCUT2D eigenvalue weighted by molar-refractivity contribution is -0.134. The number of amides is 1. The molecule has 0 heterocycles. The van der Waals surface area contributed by atoms with E-state index in [1.807, 2.05) is 27.7 Å². The van der Waals surface area contributed by atoms with Crippen LogP contribution in [0.1, 0.15) is 51.4 Å². The van der Waals surface area contributed by atoms with E-state index in [1.54, 1.807) is 30.0 Å². The third-order valence-corrected chi connectivity index (χ3v) is 3.38. The van der Waals surface area contributed by atoms with Gasteiger partial charge in [0.15, 0.2) is 6.79 Å². The van der Waals surface area contributed by atoms with Crippen LogP contribution in [-0.2, 0) is 9.53 Å². The summed E-state index contributed by atoms with van der Waals surface area (Å²) in [5.41, 5.74) is 0.299. The highest BCUT2D eigenvalue weighted by atomic mass is 16.7. The van der Waals surface area contributed by atoms with Gasteiger partial charge in [0.25, 0.3) is 5.91 Å². The molecule has 0 spiro atoms. The van der Waals surface area contributed by atoms with Gasteiger partial charge in [0.2, 0.25) is 0 Å². The summed E-state index contributed by atoms with van der Waals surface area (Å²) in [6, 6.07) is 4.82. The SMILES string of the molecule is CCC(=O)Oc1ccc(OCOC)cc1C(=O)N(C(C)C)C(C)C. The normalized spacial score (nSPS) is 10.8. The van der Waals surface area contributed by atoms with Crippen LogP contribution < -0.4 is 9.47 Å². The molecule has 0 unspecified atom stereocenters. The highest BCUT2D eigenvalue weighted by Crippen LogP contribution is 2.27. The Kier molecular flexibility index (Phi) is 7.71. The zero-order chi connectivity index (χ0) is 18.3. The van der Waals surface area contributed by atoms with E-state index in [9.17, 15) is 9.59 Å². The molecule has 0 saturated carbocycles. The second kappa shape index (κ2) is 9.27. The van der Waals surface area contributed by atoms with Crippen LogP contribution in [0.15, 0.2) is 18.2 Å². The van der Waals surface area contributed by atoms with Gasteiger partial charge in [-0.3, -0.25) is 9.59 Å². The van der Waals surface area contributed by atoms with Crippen molar-refractivity contribution in [1.82, 2.24) is 4.90 Å². The molecule has 134 valence electrons. The molecule has 0 aliphatic heterocycles. The number of carbonyl (C=O) groups is 2. The number of methoxy groups -OCH3 is 1. The van der Waals surface area contributed by atoms with Gasteiger partial charge in [0.05, 0.1) is 5.56 Å². The van der Waals surface area contributed by atoms with Crippen molar-refractivity contribution in [3.05, 3.63) is 23.8 Å². The smallest absolute Gasteiger partial charge is 0.310 e. The van der Waals surface area contributed by atoms with Gasteiger partial charge in [-0.05, 0) is 45.9 Å². The molecule has 1 aromatic rings. The van der Waals surface area contributed by atoms with Gasteiger partial charge in [-0.15, -0.1) is 0 Å². The number of nitrogens with zero attached hydrogens (tertiary/aromatic N) is 1. The van der Waals surface area contributed by atoms with Gasteiger partial charge in [-0.2, -0.15) is 0 Å². The average molecular weight is 337 g/mol. The standard InChI is InChI=1S/C18H27NO5/c1-7-17(20)24-16-9-8-14(23-11-22-6)10-15(16)18(21)19(12(2)3)13(4)5/h8-10,12-13H,7,11H2,1-6H3. The summed E-state index contributed by atoms with van der Waals surface area (Å²) in [5, 5.41) is 0. The summed E-state index contributed by atoms with van der Waals surface area (Å²) in [7, 11) is 1.52. The first kappa shape index (κ1) is 20.0. The lowest BCUT2D eigenvalue weighted by atomic mass is 10.1.